The van der Waals surface area contributed by atoms with E-state index >= 15 is 0 Å². The van der Waals surface area contributed by atoms with E-state index in [1.54, 1.807) is 11.9 Å². The third kappa shape index (κ3) is 1.92. The summed E-state index contributed by atoms with van der Waals surface area (Å²) in [6, 6.07) is 0. The van der Waals surface area contributed by atoms with Gasteiger partial charge < -0.3 is 0 Å². The van der Waals surface area contributed by atoms with Gasteiger partial charge in [0.25, 0.3) is 0 Å². The third-order valence-electron chi connectivity index (χ3n) is 2.90. The van der Waals surface area contributed by atoms with Crippen LogP contribution in [0.3, 0.4) is 0 Å². The van der Waals surface area contributed by atoms with Crippen LogP contribution in [0.1, 0.15) is 33.6 Å². The summed E-state index contributed by atoms with van der Waals surface area (Å²) < 4.78 is 4.24. The molecular weight excluding hydrogens is 166 g/mol. The van der Waals surface area contributed by atoms with Crippen molar-refractivity contribution in [2.75, 3.05) is 5.75 Å². The molecule has 0 aromatic carbocycles. The minimum absolute atomic E-state index is 0.352. The maximum absolute atomic E-state index is 4.24. The van der Waals surface area contributed by atoms with Gasteiger partial charge >= 0.3 is 0 Å². The van der Waals surface area contributed by atoms with Gasteiger partial charge in [-0.25, -0.2) is 4.40 Å². The Kier molecular flexibility index (Phi) is 3.39. The van der Waals surface area contributed by atoms with Crippen molar-refractivity contribution >= 4 is 18.2 Å². The summed E-state index contributed by atoms with van der Waals surface area (Å²) in [5, 5.41) is 0. The van der Waals surface area contributed by atoms with Gasteiger partial charge in [-0.3, -0.25) is 0 Å². The average molecular weight is 183 g/mol. The predicted octanol–water partition coefficient (Wildman–Crippen LogP) is 3.47. The highest BCUT2D eigenvalue weighted by atomic mass is 32.2. The molecule has 0 amide bonds. The van der Waals surface area contributed by atoms with E-state index in [0.29, 0.717) is 5.41 Å². The van der Waals surface area contributed by atoms with Gasteiger partial charge in [-0.1, -0.05) is 26.8 Å². The molecule has 1 nitrogen and oxygen atoms in total. The first-order valence-electron chi connectivity index (χ1n) is 4.59. The molecule has 12 heavy (non-hydrogen) atoms. The first-order valence-corrected chi connectivity index (χ1v) is 5.53. The molecule has 0 fully saturated rings. The van der Waals surface area contributed by atoms with Crippen molar-refractivity contribution in [3.63, 3.8) is 0 Å². The van der Waals surface area contributed by atoms with E-state index in [0.717, 1.165) is 5.75 Å². The Morgan fingerprint density at radius 1 is 1.50 bits per heavy atom. The van der Waals surface area contributed by atoms with Crippen LogP contribution < -0.4 is 0 Å². The second kappa shape index (κ2) is 4.13. The fourth-order valence-electron chi connectivity index (χ4n) is 1.38. The fourth-order valence-corrected chi connectivity index (χ4v) is 1.91. The Morgan fingerprint density at radius 2 is 2.17 bits per heavy atom. The molecule has 0 spiro atoms. The highest BCUT2D eigenvalue weighted by Crippen LogP contribution is 2.35. The maximum Gasteiger partial charge on any atom is 0.0386 e. The Labute approximate surface area is 79.5 Å². The molecule has 0 N–H and O–H groups in total. The number of rotatable bonds is 3. The minimum atomic E-state index is 0.352. The van der Waals surface area contributed by atoms with E-state index in [2.05, 4.69) is 31.2 Å². The summed E-state index contributed by atoms with van der Waals surface area (Å²) in [7, 11) is 0. The summed E-state index contributed by atoms with van der Waals surface area (Å²) in [5.41, 5.74) is 1.77. The van der Waals surface area contributed by atoms with Gasteiger partial charge in [0.05, 0.1) is 0 Å². The minimum Gasteiger partial charge on any atom is -0.224 e. The molecule has 1 rings (SSSR count). The molecule has 0 aliphatic carbocycles. The molecule has 1 heterocycles. The van der Waals surface area contributed by atoms with Crippen molar-refractivity contribution in [1.82, 2.24) is 0 Å². The molecule has 0 saturated carbocycles. The van der Waals surface area contributed by atoms with Crippen molar-refractivity contribution in [3.05, 3.63) is 11.6 Å². The zero-order valence-electron chi connectivity index (χ0n) is 8.13. The van der Waals surface area contributed by atoms with Gasteiger partial charge in [0.2, 0.25) is 0 Å². The Morgan fingerprint density at radius 3 is 2.58 bits per heavy atom. The van der Waals surface area contributed by atoms with Crippen molar-refractivity contribution in [2.45, 2.75) is 33.6 Å². The molecule has 0 aromatic heterocycles. The number of nitrogens with zero attached hydrogens (tertiary/aromatic N) is 1. The summed E-state index contributed by atoms with van der Waals surface area (Å²) in [5.74, 6) is 1.04. The summed E-state index contributed by atoms with van der Waals surface area (Å²) in [6.45, 7) is 6.82. The number of hydrogen-bond donors (Lipinski definition) is 0. The molecule has 0 atom stereocenters. The molecule has 0 saturated heterocycles. The van der Waals surface area contributed by atoms with Crippen LogP contribution >= 0.6 is 11.9 Å². The molecule has 68 valence electrons. The SMILES string of the molecule is CCC(C)(CC)C1=CCSN=C1. The third-order valence-corrected chi connectivity index (χ3v) is 3.47. The highest BCUT2D eigenvalue weighted by molar-refractivity contribution is 7.98. The Balaban J connectivity index is 2.78. The van der Waals surface area contributed by atoms with Crippen molar-refractivity contribution in [3.8, 4) is 0 Å². The molecular formula is C10H17NS. The van der Waals surface area contributed by atoms with E-state index in [9.17, 15) is 0 Å². The van der Waals surface area contributed by atoms with Crippen molar-refractivity contribution < 1.29 is 0 Å². The van der Waals surface area contributed by atoms with Gasteiger partial charge in [0.1, 0.15) is 0 Å². The van der Waals surface area contributed by atoms with Gasteiger partial charge in [-0.15, -0.1) is 0 Å². The molecule has 0 aromatic rings. The quantitative estimate of drug-likeness (QED) is 0.610. The predicted molar refractivity (Wildman–Crippen MR) is 57.7 cm³/mol. The van der Waals surface area contributed by atoms with Crippen LogP contribution in [0.2, 0.25) is 0 Å². The van der Waals surface area contributed by atoms with Crippen molar-refractivity contribution in [1.29, 1.82) is 0 Å². The first-order chi connectivity index (χ1) is 5.73. The molecule has 0 unspecified atom stereocenters. The molecule has 1 aliphatic rings. The van der Waals surface area contributed by atoms with Crippen LogP contribution in [0, 0.1) is 5.41 Å². The van der Waals surface area contributed by atoms with E-state index in [1.165, 1.54) is 18.4 Å². The Hall–Kier alpha value is -0.240. The lowest BCUT2D eigenvalue weighted by Gasteiger charge is -2.28. The average Bonchev–Trinajstić information content (AvgIpc) is 2.18. The van der Waals surface area contributed by atoms with Gasteiger partial charge in [-0.2, -0.15) is 0 Å². The van der Waals surface area contributed by atoms with Crippen LogP contribution in [0.5, 0.6) is 0 Å². The standard InChI is InChI=1S/C10H17NS/c1-4-10(3,5-2)9-6-7-12-11-8-9/h6,8H,4-5,7H2,1-3H3. The largest absolute Gasteiger partial charge is 0.224 e. The van der Waals surface area contributed by atoms with Crippen molar-refractivity contribution in [2.24, 2.45) is 9.81 Å². The van der Waals surface area contributed by atoms with Crippen LogP contribution in [0.15, 0.2) is 16.0 Å². The zero-order chi connectivity index (χ0) is 9.03. The summed E-state index contributed by atoms with van der Waals surface area (Å²) in [4.78, 5) is 0. The Bertz CT molecular complexity index is 202. The number of allylic oxidation sites excluding steroid dienone is 1. The lowest BCUT2D eigenvalue weighted by atomic mass is 9.77. The van der Waals surface area contributed by atoms with E-state index < -0.39 is 0 Å². The summed E-state index contributed by atoms with van der Waals surface area (Å²) >= 11 is 1.63. The van der Waals surface area contributed by atoms with E-state index in [1.807, 2.05) is 6.21 Å². The van der Waals surface area contributed by atoms with Crippen LogP contribution in [0.25, 0.3) is 0 Å². The molecule has 2 heteroatoms. The second-order valence-corrected chi connectivity index (χ2v) is 4.26. The zero-order valence-corrected chi connectivity index (χ0v) is 8.95. The maximum atomic E-state index is 4.24. The second-order valence-electron chi connectivity index (χ2n) is 3.46. The van der Waals surface area contributed by atoms with Gasteiger partial charge in [-0.05, 0) is 35.8 Å². The van der Waals surface area contributed by atoms with Gasteiger partial charge in [0, 0.05) is 12.0 Å². The molecule has 1 aliphatic heterocycles. The fraction of sp³-hybridized carbons (Fsp3) is 0.700. The smallest absolute Gasteiger partial charge is 0.0386 e. The lowest BCUT2D eigenvalue weighted by Crippen LogP contribution is -2.19. The topological polar surface area (TPSA) is 12.4 Å². The normalized spacial score (nSPS) is 17.8. The number of hydrogen-bond acceptors (Lipinski definition) is 2. The van der Waals surface area contributed by atoms with E-state index in [-0.39, 0.29) is 0 Å². The lowest BCUT2D eigenvalue weighted by molar-refractivity contribution is 0.383. The van der Waals surface area contributed by atoms with Crippen LogP contribution in [-0.2, 0) is 0 Å². The van der Waals surface area contributed by atoms with E-state index in [4.69, 9.17) is 0 Å². The first kappa shape index (κ1) is 9.85. The van der Waals surface area contributed by atoms with Gasteiger partial charge in [0.15, 0.2) is 0 Å². The van der Waals surface area contributed by atoms with Crippen LogP contribution in [-0.4, -0.2) is 12.0 Å². The highest BCUT2D eigenvalue weighted by Gasteiger charge is 2.24. The summed E-state index contributed by atoms with van der Waals surface area (Å²) in [6.07, 6.45) is 6.74. The monoisotopic (exact) mass is 183 g/mol. The molecule has 0 bridgehead atoms. The van der Waals surface area contributed by atoms with Crippen LogP contribution in [0.4, 0.5) is 0 Å². The molecule has 0 radical (unpaired) electrons.